The molecule has 1 aliphatic rings. The van der Waals surface area contributed by atoms with Gasteiger partial charge in [-0.05, 0) is 24.3 Å². The SMILES string of the molecule is N#Cc1cc(F)c(N2CCCSCC2)c(F)c1. The standard InChI is InChI=1S/C12H12F2N2S/c13-10-6-9(8-15)7-11(14)12(10)16-2-1-4-17-5-3-16/h6-7H,1-5H2. The van der Waals surface area contributed by atoms with Crippen LogP contribution in [0, 0.1) is 23.0 Å². The average molecular weight is 254 g/mol. The van der Waals surface area contributed by atoms with Crippen molar-refractivity contribution < 1.29 is 8.78 Å². The molecule has 0 spiro atoms. The summed E-state index contributed by atoms with van der Waals surface area (Å²) in [5.74, 6) is 0.608. The van der Waals surface area contributed by atoms with Crippen LogP contribution in [0.3, 0.4) is 0 Å². The number of rotatable bonds is 1. The van der Waals surface area contributed by atoms with Gasteiger partial charge in [-0.15, -0.1) is 0 Å². The summed E-state index contributed by atoms with van der Waals surface area (Å²) >= 11 is 1.79. The minimum atomic E-state index is -0.645. The predicted molar refractivity (Wildman–Crippen MR) is 65.2 cm³/mol. The van der Waals surface area contributed by atoms with E-state index in [4.69, 9.17) is 5.26 Å². The maximum absolute atomic E-state index is 13.8. The van der Waals surface area contributed by atoms with Crippen molar-refractivity contribution in [2.24, 2.45) is 0 Å². The van der Waals surface area contributed by atoms with Gasteiger partial charge in [0.25, 0.3) is 0 Å². The largest absolute Gasteiger partial charge is 0.366 e. The second-order valence-electron chi connectivity index (χ2n) is 3.85. The summed E-state index contributed by atoms with van der Waals surface area (Å²) in [7, 11) is 0. The van der Waals surface area contributed by atoms with Gasteiger partial charge in [0.1, 0.15) is 5.69 Å². The molecule has 0 unspecified atom stereocenters. The van der Waals surface area contributed by atoms with E-state index in [-0.39, 0.29) is 11.3 Å². The van der Waals surface area contributed by atoms with Crippen molar-refractivity contribution in [1.82, 2.24) is 0 Å². The van der Waals surface area contributed by atoms with Crippen LogP contribution in [0.5, 0.6) is 0 Å². The van der Waals surface area contributed by atoms with Crippen molar-refractivity contribution >= 4 is 17.4 Å². The van der Waals surface area contributed by atoms with Crippen LogP contribution in [0.2, 0.25) is 0 Å². The Bertz CT molecular complexity index is 425. The number of nitriles is 1. The third kappa shape index (κ3) is 2.70. The van der Waals surface area contributed by atoms with Gasteiger partial charge in [0, 0.05) is 18.8 Å². The van der Waals surface area contributed by atoms with Crippen LogP contribution in [0.4, 0.5) is 14.5 Å². The third-order valence-electron chi connectivity index (χ3n) is 2.68. The summed E-state index contributed by atoms with van der Waals surface area (Å²) in [4.78, 5) is 1.73. The molecule has 5 heteroatoms. The maximum atomic E-state index is 13.8. The summed E-state index contributed by atoms with van der Waals surface area (Å²) in [6.45, 7) is 1.30. The fourth-order valence-corrected chi connectivity index (χ4v) is 2.79. The zero-order valence-corrected chi connectivity index (χ0v) is 10.1. The number of halogens is 2. The van der Waals surface area contributed by atoms with Gasteiger partial charge in [-0.25, -0.2) is 8.78 Å². The Kier molecular flexibility index (Phi) is 3.85. The van der Waals surface area contributed by atoms with Gasteiger partial charge in [0.05, 0.1) is 11.6 Å². The third-order valence-corrected chi connectivity index (χ3v) is 3.73. The molecule has 1 saturated heterocycles. The lowest BCUT2D eigenvalue weighted by Crippen LogP contribution is -2.27. The lowest BCUT2D eigenvalue weighted by molar-refractivity contribution is 0.571. The molecule has 17 heavy (non-hydrogen) atoms. The molecule has 0 saturated carbocycles. The zero-order valence-electron chi connectivity index (χ0n) is 9.25. The van der Waals surface area contributed by atoms with E-state index in [1.165, 1.54) is 0 Å². The molecule has 0 radical (unpaired) electrons. The summed E-state index contributed by atoms with van der Waals surface area (Å²) in [6.07, 6.45) is 0.920. The van der Waals surface area contributed by atoms with Crippen LogP contribution in [0.1, 0.15) is 12.0 Å². The first-order chi connectivity index (χ1) is 8.22. The Labute approximate surface area is 103 Å². The van der Waals surface area contributed by atoms with Crippen LogP contribution in [-0.4, -0.2) is 24.6 Å². The molecule has 1 aromatic carbocycles. The smallest absolute Gasteiger partial charge is 0.150 e. The molecule has 0 N–H and O–H groups in total. The van der Waals surface area contributed by atoms with Crippen LogP contribution in [0.15, 0.2) is 12.1 Å². The fraction of sp³-hybridized carbons (Fsp3) is 0.417. The topological polar surface area (TPSA) is 27.0 Å². The molecule has 0 aromatic heterocycles. The molecule has 90 valence electrons. The molecule has 1 aliphatic heterocycles. The van der Waals surface area contributed by atoms with E-state index in [0.717, 1.165) is 30.1 Å². The molecule has 0 amide bonds. The Morgan fingerprint density at radius 2 is 1.88 bits per heavy atom. The fourth-order valence-electron chi connectivity index (χ4n) is 1.90. The highest BCUT2D eigenvalue weighted by molar-refractivity contribution is 7.99. The molecule has 0 bridgehead atoms. The van der Waals surface area contributed by atoms with E-state index >= 15 is 0 Å². The first-order valence-corrected chi connectivity index (χ1v) is 6.59. The number of nitrogens with zero attached hydrogens (tertiary/aromatic N) is 2. The highest BCUT2D eigenvalue weighted by Gasteiger charge is 2.19. The van der Waals surface area contributed by atoms with Crippen molar-refractivity contribution in [2.45, 2.75) is 6.42 Å². The normalized spacial score (nSPS) is 16.4. The van der Waals surface area contributed by atoms with Gasteiger partial charge in [0.2, 0.25) is 0 Å². The van der Waals surface area contributed by atoms with Crippen LogP contribution < -0.4 is 4.90 Å². The van der Waals surface area contributed by atoms with Gasteiger partial charge in [-0.3, -0.25) is 0 Å². The number of thioether (sulfide) groups is 1. The molecule has 0 atom stereocenters. The second kappa shape index (κ2) is 5.37. The molecule has 2 nitrogen and oxygen atoms in total. The molecule has 0 aliphatic carbocycles. The summed E-state index contributed by atoms with van der Waals surface area (Å²) in [6, 6.07) is 3.94. The van der Waals surface area contributed by atoms with E-state index in [2.05, 4.69) is 0 Å². The predicted octanol–water partition coefficient (Wildman–Crippen LogP) is 2.78. The summed E-state index contributed by atoms with van der Waals surface area (Å²) < 4.78 is 27.6. The summed E-state index contributed by atoms with van der Waals surface area (Å²) in [5.41, 5.74) is 0.0273. The van der Waals surface area contributed by atoms with Gasteiger partial charge >= 0.3 is 0 Å². The second-order valence-corrected chi connectivity index (χ2v) is 5.08. The molecule has 1 fully saturated rings. The number of anilines is 1. The van der Waals surface area contributed by atoms with E-state index in [0.29, 0.717) is 13.1 Å². The van der Waals surface area contributed by atoms with Gasteiger partial charge in [-0.2, -0.15) is 17.0 Å². The highest BCUT2D eigenvalue weighted by atomic mass is 32.2. The first-order valence-electron chi connectivity index (χ1n) is 5.44. The number of benzene rings is 1. The van der Waals surface area contributed by atoms with E-state index in [1.54, 1.807) is 22.7 Å². The molecular formula is C12H12F2N2S. The Balaban J connectivity index is 2.34. The monoisotopic (exact) mass is 254 g/mol. The van der Waals surface area contributed by atoms with Crippen molar-refractivity contribution in [3.63, 3.8) is 0 Å². The van der Waals surface area contributed by atoms with Gasteiger partial charge in [0.15, 0.2) is 11.6 Å². The Morgan fingerprint density at radius 1 is 1.18 bits per heavy atom. The molecular weight excluding hydrogens is 242 g/mol. The zero-order chi connectivity index (χ0) is 12.3. The minimum absolute atomic E-state index is 0.00602. The van der Waals surface area contributed by atoms with Crippen LogP contribution in [-0.2, 0) is 0 Å². The Hall–Kier alpha value is -1.28. The van der Waals surface area contributed by atoms with Gasteiger partial charge < -0.3 is 4.90 Å². The highest BCUT2D eigenvalue weighted by Crippen LogP contribution is 2.26. The van der Waals surface area contributed by atoms with Crippen molar-refractivity contribution in [3.8, 4) is 6.07 Å². The van der Waals surface area contributed by atoms with Crippen molar-refractivity contribution in [3.05, 3.63) is 29.3 Å². The minimum Gasteiger partial charge on any atom is -0.366 e. The van der Waals surface area contributed by atoms with Crippen molar-refractivity contribution in [2.75, 3.05) is 29.5 Å². The van der Waals surface area contributed by atoms with Crippen LogP contribution >= 0.6 is 11.8 Å². The van der Waals surface area contributed by atoms with Crippen molar-refractivity contribution in [1.29, 1.82) is 5.26 Å². The van der Waals surface area contributed by atoms with E-state index in [9.17, 15) is 8.78 Å². The molecule has 1 heterocycles. The average Bonchev–Trinajstić information content (AvgIpc) is 2.57. The lowest BCUT2D eigenvalue weighted by atomic mass is 10.2. The first kappa shape index (κ1) is 12.2. The van der Waals surface area contributed by atoms with Gasteiger partial charge in [-0.1, -0.05) is 0 Å². The summed E-state index contributed by atoms with van der Waals surface area (Å²) in [5, 5.41) is 8.63. The number of hydrogen-bond donors (Lipinski definition) is 0. The van der Waals surface area contributed by atoms with Crippen LogP contribution in [0.25, 0.3) is 0 Å². The van der Waals surface area contributed by atoms with E-state index < -0.39 is 11.6 Å². The van der Waals surface area contributed by atoms with E-state index in [1.807, 2.05) is 0 Å². The quantitative estimate of drug-likeness (QED) is 0.771. The lowest BCUT2D eigenvalue weighted by Gasteiger charge is -2.23. The Morgan fingerprint density at radius 3 is 2.53 bits per heavy atom. The maximum Gasteiger partial charge on any atom is 0.150 e. The molecule has 2 rings (SSSR count). The number of hydrogen-bond acceptors (Lipinski definition) is 3. The molecule has 1 aromatic rings.